The van der Waals surface area contributed by atoms with Crippen LogP contribution in [0.4, 0.5) is 11.4 Å². The molecule has 2 aromatic heterocycles. The molecule has 29 heavy (non-hydrogen) atoms. The number of fused-ring (bicyclic) bond motifs is 3. The Balaban J connectivity index is 1.42. The Morgan fingerprint density at radius 3 is 2.86 bits per heavy atom. The molecule has 7 nitrogen and oxygen atoms in total. The van der Waals surface area contributed by atoms with Gasteiger partial charge in [0.05, 0.1) is 36.6 Å². The average molecular weight is 388 g/mol. The Bertz CT molecular complexity index is 1180. The molecule has 1 aliphatic rings. The lowest BCUT2D eigenvalue weighted by Gasteiger charge is -2.30. The largest absolute Gasteiger partial charge is 0.495 e. The Kier molecular flexibility index (Phi) is 4.20. The van der Waals surface area contributed by atoms with E-state index in [0.29, 0.717) is 12.2 Å². The first-order valence-electron chi connectivity index (χ1n) is 9.45. The number of furan rings is 1. The fourth-order valence-corrected chi connectivity index (χ4v) is 3.80. The van der Waals surface area contributed by atoms with E-state index in [1.54, 1.807) is 19.2 Å². The van der Waals surface area contributed by atoms with Crippen LogP contribution in [0.15, 0.2) is 65.3 Å². The molecule has 0 bridgehead atoms. The van der Waals surface area contributed by atoms with E-state index in [1.165, 1.54) is 6.26 Å². The maximum Gasteiger partial charge on any atom is 0.291 e. The lowest BCUT2D eigenvalue weighted by atomic mass is 10.2. The number of ether oxygens (including phenoxy) is 1. The molecule has 3 heterocycles. The van der Waals surface area contributed by atoms with Crippen molar-refractivity contribution in [1.82, 2.24) is 9.55 Å². The van der Waals surface area contributed by atoms with Gasteiger partial charge in [-0.15, -0.1) is 0 Å². The number of hydrogen-bond acceptors (Lipinski definition) is 5. The van der Waals surface area contributed by atoms with Crippen LogP contribution in [0, 0.1) is 0 Å². The van der Waals surface area contributed by atoms with Crippen LogP contribution in [0.5, 0.6) is 5.75 Å². The summed E-state index contributed by atoms with van der Waals surface area (Å²) in [5.41, 5.74) is 3.69. The van der Waals surface area contributed by atoms with Gasteiger partial charge < -0.3 is 23.9 Å². The first-order valence-corrected chi connectivity index (χ1v) is 9.45. The third-order valence-corrected chi connectivity index (χ3v) is 5.18. The molecule has 0 radical (unpaired) electrons. The summed E-state index contributed by atoms with van der Waals surface area (Å²) in [5.74, 6) is 1.86. The summed E-state index contributed by atoms with van der Waals surface area (Å²) >= 11 is 0. The predicted molar refractivity (Wildman–Crippen MR) is 110 cm³/mol. The normalized spacial score (nSPS) is 13.3. The molecule has 0 atom stereocenters. The third kappa shape index (κ3) is 3.10. The molecular formula is C22H20N4O3. The van der Waals surface area contributed by atoms with Crippen LogP contribution in [-0.4, -0.2) is 29.1 Å². The average Bonchev–Trinajstić information content (AvgIpc) is 3.41. The first kappa shape index (κ1) is 17.4. The number of nitrogens with one attached hydrogen (secondary N) is 1. The fraction of sp³-hybridized carbons (Fsp3) is 0.182. The minimum absolute atomic E-state index is 0.277. The maximum atomic E-state index is 12.2. The third-order valence-electron chi connectivity index (χ3n) is 5.18. The van der Waals surface area contributed by atoms with Crippen LogP contribution >= 0.6 is 0 Å². The Labute approximate surface area is 167 Å². The van der Waals surface area contributed by atoms with E-state index < -0.39 is 0 Å². The van der Waals surface area contributed by atoms with Crippen molar-refractivity contribution in [3.05, 3.63) is 72.4 Å². The molecule has 0 saturated carbocycles. The molecule has 0 spiro atoms. The van der Waals surface area contributed by atoms with E-state index in [9.17, 15) is 4.79 Å². The number of benzene rings is 2. The fourth-order valence-electron chi connectivity index (χ4n) is 3.80. The number of nitrogens with zero attached hydrogens (tertiary/aromatic N) is 3. The van der Waals surface area contributed by atoms with E-state index in [0.717, 1.165) is 41.4 Å². The van der Waals surface area contributed by atoms with Gasteiger partial charge in [0.15, 0.2) is 5.76 Å². The Morgan fingerprint density at radius 2 is 2.03 bits per heavy atom. The van der Waals surface area contributed by atoms with Crippen LogP contribution in [0.25, 0.3) is 11.0 Å². The molecule has 1 N–H and O–H groups in total. The summed E-state index contributed by atoms with van der Waals surface area (Å²) in [7, 11) is 1.69. The van der Waals surface area contributed by atoms with Gasteiger partial charge in [0.2, 0.25) is 0 Å². The van der Waals surface area contributed by atoms with Crippen molar-refractivity contribution in [1.29, 1.82) is 0 Å². The number of methoxy groups -OCH3 is 1. The quantitative estimate of drug-likeness (QED) is 0.574. The molecular weight excluding hydrogens is 368 g/mol. The summed E-state index contributed by atoms with van der Waals surface area (Å²) < 4.78 is 12.9. The van der Waals surface area contributed by atoms with Crippen LogP contribution in [0.3, 0.4) is 0 Å². The summed E-state index contributed by atoms with van der Waals surface area (Å²) in [6, 6.07) is 17.1. The maximum absolute atomic E-state index is 12.2. The molecule has 0 aliphatic carbocycles. The van der Waals surface area contributed by atoms with E-state index in [4.69, 9.17) is 14.1 Å². The zero-order chi connectivity index (χ0) is 19.8. The second-order valence-electron chi connectivity index (χ2n) is 6.91. The molecule has 1 aliphatic heterocycles. The lowest BCUT2D eigenvalue weighted by Crippen LogP contribution is -2.33. The van der Waals surface area contributed by atoms with Crippen LogP contribution in [0.2, 0.25) is 0 Å². The summed E-state index contributed by atoms with van der Waals surface area (Å²) in [6.45, 7) is 2.40. The molecule has 4 aromatic rings. The van der Waals surface area contributed by atoms with Crippen LogP contribution in [0.1, 0.15) is 16.4 Å². The number of aromatic nitrogens is 2. The van der Waals surface area contributed by atoms with Crippen molar-refractivity contribution in [3.63, 3.8) is 0 Å². The zero-order valence-electron chi connectivity index (χ0n) is 16.0. The second-order valence-corrected chi connectivity index (χ2v) is 6.91. The van der Waals surface area contributed by atoms with Gasteiger partial charge in [0, 0.05) is 18.8 Å². The standard InChI is InChI=1S/C22H20N4O3/c1-28-19-6-3-2-5-18(19)25-10-11-26-17-9-8-15(13-16(17)24-21(26)14-25)23-22(27)20-7-4-12-29-20/h2-9,12-13H,10-11,14H2,1H3,(H,23,27). The molecule has 2 aromatic carbocycles. The molecule has 0 saturated heterocycles. The van der Waals surface area contributed by atoms with Gasteiger partial charge in [0.1, 0.15) is 11.6 Å². The highest BCUT2D eigenvalue weighted by Crippen LogP contribution is 2.32. The molecule has 5 rings (SSSR count). The smallest absolute Gasteiger partial charge is 0.291 e. The number of amides is 1. The molecule has 7 heteroatoms. The minimum atomic E-state index is -0.277. The zero-order valence-corrected chi connectivity index (χ0v) is 16.0. The van der Waals surface area contributed by atoms with Gasteiger partial charge in [0.25, 0.3) is 5.91 Å². The highest BCUT2D eigenvalue weighted by Gasteiger charge is 2.22. The van der Waals surface area contributed by atoms with Crippen molar-refractivity contribution >= 4 is 28.3 Å². The van der Waals surface area contributed by atoms with Crippen molar-refractivity contribution in [2.75, 3.05) is 23.9 Å². The van der Waals surface area contributed by atoms with E-state index >= 15 is 0 Å². The number of para-hydroxylation sites is 2. The summed E-state index contributed by atoms with van der Waals surface area (Å²) in [4.78, 5) is 19.3. The second kappa shape index (κ2) is 7.01. The Hall–Kier alpha value is -3.74. The number of rotatable bonds is 4. The first-order chi connectivity index (χ1) is 14.2. The van der Waals surface area contributed by atoms with Gasteiger partial charge in [-0.1, -0.05) is 12.1 Å². The highest BCUT2D eigenvalue weighted by atomic mass is 16.5. The lowest BCUT2D eigenvalue weighted by molar-refractivity contribution is 0.0996. The number of carbonyl (C=O) groups excluding carboxylic acids is 1. The van der Waals surface area contributed by atoms with Gasteiger partial charge in [-0.2, -0.15) is 0 Å². The molecule has 1 amide bonds. The summed E-state index contributed by atoms with van der Waals surface area (Å²) in [5, 5.41) is 2.86. The molecule has 146 valence electrons. The topological polar surface area (TPSA) is 72.5 Å². The van der Waals surface area contributed by atoms with Crippen LogP contribution < -0.4 is 15.0 Å². The van der Waals surface area contributed by atoms with Crippen molar-refractivity contribution in [3.8, 4) is 5.75 Å². The van der Waals surface area contributed by atoms with Crippen molar-refractivity contribution in [2.45, 2.75) is 13.1 Å². The van der Waals surface area contributed by atoms with Gasteiger partial charge in [-0.25, -0.2) is 4.98 Å². The molecule has 0 unspecified atom stereocenters. The van der Waals surface area contributed by atoms with E-state index in [-0.39, 0.29) is 11.7 Å². The van der Waals surface area contributed by atoms with Gasteiger partial charge in [-0.05, 0) is 42.5 Å². The van der Waals surface area contributed by atoms with Gasteiger partial charge in [-0.3, -0.25) is 4.79 Å². The number of imidazole rings is 1. The Morgan fingerprint density at radius 1 is 1.14 bits per heavy atom. The SMILES string of the molecule is COc1ccccc1N1CCn2c(nc3cc(NC(=O)c4ccco4)ccc32)C1. The number of anilines is 2. The predicted octanol–water partition coefficient (Wildman–Crippen LogP) is 3.91. The minimum Gasteiger partial charge on any atom is -0.495 e. The van der Waals surface area contributed by atoms with E-state index in [2.05, 4.69) is 20.9 Å². The van der Waals surface area contributed by atoms with Gasteiger partial charge >= 0.3 is 0 Å². The van der Waals surface area contributed by atoms with Crippen LogP contribution in [-0.2, 0) is 13.1 Å². The monoisotopic (exact) mass is 388 g/mol. The molecule has 0 fully saturated rings. The number of hydrogen-bond donors (Lipinski definition) is 1. The summed E-state index contributed by atoms with van der Waals surface area (Å²) in [6.07, 6.45) is 1.48. The van der Waals surface area contributed by atoms with E-state index in [1.807, 2.05) is 36.4 Å². The number of carbonyl (C=O) groups is 1. The van der Waals surface area contributed by atoms with Crippen molar-refractivity contribution in [2.24, 2.45) is 0 Å². The highest BCUT2D eigenvalue weighted by molar-refractivity contribution is 6.03. The van der Waals surface area contributed by atoms with Crippen molar-refractivity contribution < 1.29 is 13.9 Å².